The predicted molar refractivity (Wildman–Crippen MR) is 124 cm³/mol. The molecule has 0 atom stereocenters. The molecule has 0 saturated heterocycles. The monoisotopic (exact) mass is 430 g/mol. The molecule has 0 fully saturated rings. The molecule has 0 amide bonds. The first-order valence-corrected chi connectivity index (χ1v) is 10.1. The summed E-state index contributed by atoms with van der Waals surface area (Å²) in [6.07, 6.45) is 0. The largest absolute Gasteiger partial charge is 0.397 e. The summed E-state index contributed by atoms with van der Waals surface area (Å²) in [5, 5.41) is 2.02. The van der Waals surface area contributed by atoms with Gasteiger partial charge in [0.05, 0.1) is 39.2 Å². The van der Waals surface area contributed by atoms with Gasteiger partial charge in [-0.25, -0.2) is 9.98 Å². The van der Waals surface area contributed by atoms with E-state index in [1.807, 2.05) is 72.8 Å². The van der Waals surface area contributed by atoms with Crippen LogP contribution in [0.2, 0.25) is 10.0 Å². The van der Waals surface area contributed by atoms with E-state index in [1.165, 1.54) is 0 Å². The zero-order valence-electron chi connectivity index (χ0n) is 15.8. The SMILES string of the molecule is Nc1cc2nc3ccccc3n(-c3ccc(Cl)cc3)c-2cc1=Nc1ccc(Cl)cc1. The molecule has 0 spiro atoms. The van der Waals surface area contributed by atoms with Crippen molar-refractivity contribution < 1.29 is 0 Å². The molecule has 0 aromatic heterocycles. The first-order valence-electron chi connectivity index (χ1n) is 9.36. The number of rotatable bonds is 2. The number of fused-ring (bicyclic) bond motifs is 2. The summed E-state index contributed by atoms with van der Waals surface area (Å²) in [5.74, 6) is 0. The van der Waals surface area contributed by atoms with E-state index >= 15 is 0 Å². The van der Waals surface area contributed by atoms with Crippen molar-refractivity contribution in [2.75, 3.05) is 5.73 Å². The molecule has 3 aromatic rings. The zero-order valence-corrected chi connectivity index (χ0v) is 17.3. The molecular weight excluding hydrogens is 415 g/mol. The Hall–Kier alpha value is -3.34. The van der Waals surface area contributed by atoms with Crippen molar-refractivity contribution in [3.05, 3.63) is 100 Å². The third kappa shape index (κ3) is 3.41. The van der Waals surface area contributed by atoms with E-state index in [9.17, 15) is 0 Å². The molecule has 0 unspecified atom stereocenters. The van der Waals surface area contributed by atoms with Crippen LogP contribution in [-0.4, -0.2) is 9.55 Å². The Kier molecular flexibility index (Phi) is 4.66. The lowest BCUT2D eigenvalue weighted by atomic mass is 10.1. The summed E-state index contributed by atoms with van der Waals surface area (Å²) in [6.45, 7) is 0. The number of anilines is 1. The summed E-state index contributed by atoms with van der Waals surface area (Å²) in [6, 6.07) is 26.9. The van der Waals surface area contributed by atoms with E-state index in [2.05, 4.69) is 4.57 Å². The van der Waals surface area contributed by atoms with Crippen molar-refractivity contribution in [3.8, 4) is 17.1 Å². The van der Waals surface area contributed by atoms with Crippen LogP contribution in [0, 0.1) is 0 Å². The fourth-order valence-corrected chi connectivity index (χ4v) is 3.73. The van der Waals surface area contributed by atoms with Crippen LogP contribution in [0.4, 0.5) is 11.4 Å². The van der Waals surface area contributed by atoms with Crippen LogP contribution in [-0.2, 0) is 0 Å². The molecule has 2 aliphatic rings. The molecular formula is C24H16Cl2N4. The lowest BCUT2D eigenvalue weighted by Gasteiger charge is -2.19. The first kappa shape index (κ1) is 18.7. The van der Waals surface area contributed by atoms with E-state index in [1.54, 1.807) is 12.1 Å². The Labute approximate surface area is 183 Å². The molecule has 1 aliphatic heterocycles. The molecule has 2 N–H and O–H groups in total. The molecule has 30 heavy (non-hydrogen) atoms. The summed E-state index contributed by atoms with van der Waals surface area (Å²) >= 11 is 12.1. The molecule has 0 saturated carbocycles. The Morgan fingerprint density at radius 1 is 0.800 bits per heavy atom. The second-order valence-corrected chi connectivity index (χ2v) is 7.77. The van der Waals surface area contributed by atoms with Gasteiger partial charge in [-0.05, 0) is 72.8 Å². The summed E-state index contributed by atoms with van der Waals surface area (Å²) in [4.78, 5) is 9.53. The maximum atomic E-state index is 6.33. The van der Waals surface area contributed by atoms with Gasteiger partial charge in [0, 0.05) is 15.7 Å². The average molecular weight is 431 g/mol. The standard InChI is InChI=1S/C24H16Cl2N4/c25-15-5-9-17(10-6-15)28-21-14-24-22(13-19(21)27)29-20-3-1-2-4-23(20)30(24)18-11-7-16(26)8-12-18/h1-14H,27H2. The third-order valence-corrected chi connectivity index (χ3v) is 5.39. The van der Waals surface area contributed by atoms with Crippen LogP contribution >= 0.6 is 23.2 Å². The zero-order chi connectivity index (χ0) is 20.7. The Morgan fingerprint density at radius 2 is 1.47 bits per heavy atom. The van der Waals surface area contributed by atoms with Crippen molar-refractivity contribution in [1.82, 2.24) is 9.55 Å². The smallest absolute Gasteiger partial charge is 0.0900 e. The van der Waals surface area contributed by atoms with Gasteiger partial charge in [-0.3, -0.25) is 0 Å². The predicted octanol–water partition coefficient (Wildman–Crippen LogP) is 6.25. The Morgan fingerprint density at radius 3 is 2.20 bits per heavy atom. The normalized spacial score (nSPS) is 12.0. The summed E-state index contributed by atoms with van der Waals surface area (Å²) in [5.41, 5.74) is 12.2. The van der Waals surface area contributed by atoms with Crippen molar-refractivity contribution in [2.24, 2.45) is 4.99 Å². The molecule has 3 aromatic carbocycles. The fourth-order valence-electron chi connectivity index (χ4n) is 3.48. The van der Waals surface area contributed by atoms with Gasteiger partial charge in [0.2, 0.25) is 0 Å². The van der Waals surface area contributed by atoms with Gasteiger partial charge in [0.25, 0.3) is 0 Å². The van der Waals surface area contributed by atoms with E-state index in [-0.39, 0.29) is 0 Å². The summed E-state index contributed by atoms with van der Waals surface area (Å²) < 4.78 is 2.15. The highest BCUT2D eigenvalue weighted by molar-refractivity contribution is 6.30. The second-order valence-electron chi connectivity index (χ2n) is 6.90. The van der Waals surface area contributed by atoms with Crippen molar-refractivity contribution >= 4 is 45.6 Å². The number of hydrogen-bond acceptors (Lipinski definition) is 3. The minimum Gasteiger partial charge on any atom is -0.397 e. The molecule has 1 aliphatic carbocycles. The average Bonchev–Trinajstić information content (AvgIpc) is 2.75. The Balaban J connectivity index is 1.85. The first-order chi connectivity index (χ1) is 14.6. The van der Waals surface area contributed by atoms with Crippen molar-refractivity contribution in [1.29, 1.82) is 0 Å². The number of halogens is 2. The van der Waals surface area contributed by atoms with E-state index in [4.69, 9.17) is 38.9 Å². The third-order valence-electron chi connectivity index (χ3n) is 4.89. The Bertz CT molecular complexity index is 1400. The highest BCUT2D eigenvalue weighted by Gasteiger charge is 2.15. The molecule has 146 valence electrons. The quantitative estimate of drug-likeness (QED) is 0.265. The number of aromatic nitrogens is 2. The number of nitrogen functional groups attached to an aromatic ring is 1. The van der Waals surface area contributed by atoms with Gasteiger partial charge >= 0.3 is 0 Å². The maximum absolute atomic E-state index is 6.33. The minimum absolute atomic E-state index is 0.558. The number of nitrogens with two attached hydrogens (primary N) is 1. The van der Waals surface area contributed by atoms with E-state index < -0.39 is 0 Å². The highest BCUT2D eigenvalue weighted by Crippen LogP contribution is 2.30. The van der Waals surface area contributed by atoms with Crippen molar-refractivity contribution in [2.45, 2.75) is 0 Å². The number of benzene rings is 4. The lowest BCUT2D eigenvalue weighted by Crippen LogP contribution is -2.14. The molecule has 0 bridgehead atoms. The van der Waals surface area contributed by atoms with E-state index in [0.717, 1.165) is 33.8 Å². The molecule has 1 heterocycles. The van der Waals surface area contributed by atoms with Gasteiger partial charge in [0.15, 0.2) is 0 Å². The minimum atomic E-state index is 0.558. The number of hydrogen-bond donors (Lipinski definition) is 1. The van der Waals surface area contributed by atoms with Crippen LogP contribution in [0.3, 0.4) is 0 Å². The molecule has 4 nitrogen and oxygen atoms in total. The van der Waals surface area contributed by atoms with Crippen LogP contribution in [0.25, 0.3) is 28.1 Å². The van der Waals surface area contributed by atoms with Gasteiger partial charge in [-0.2, -0.15) is 0 Å². The molecule has 6 heteroatoms. The van der Waals surface area contributed by atoms with Crippen LogP contribution in [0.5, 0.6) is 0 Å². The lowest BCUT2D eigenvalue weighted by molar-refractivity contribution is 1.07. The second kappa shape index (κ2) is 7.48. The van der Waals surface area contributed by atoms with Gasteiger partial charge < -0.3 is 10.3 Å². The van der Waals surface area contributed by atoms with Gasteiger partial charge in [0.1, 0.15) is 0 Å². The highest BCUT2D eigenvalue weighted by atomic mass is 35.5. The number of nitrogens with zero attached hydrogens (tertiary/aromatic N) is 3. The van der Waals surface area contributed by atoms with Crippen LogP contribution in [0.1, 0.15) is 0 Å². The maximum Gasteiger partial charge on any atom is 0.0900 e. The van der Waals surface area contributed by atoms with Crippen LogP contribution in [0.15, 0.2) is 89.9 Å². The van der Waals surface area contributed by atoms with Crippen molar-refractivity contribution in [3.63, 3.8) is 0 Å². The van der Waals surface area contributed by atoms with Crippen LogP contribution < -0.4 is 11.1 Å². The summed E-state index contributed by atoms with van der Waals surface area (Å²) in [7, 11) is 0. The van der Waals surface area contributed by atoms with Gasteiger partial charge in [-0.1, -0.05) is 35.3 Å². The topological polar surface area (TPSA) is 56.2 Å². The fraction of sp³-hybridized carbons (Fsp3) is 0. The van der Waals surface area contributed by atoms with Gasteiger partial charge in [-0.15, -0.1) is 0 Å². The van der Waals surface area contributed by atoms with E-state index in [0.29, 0.717) is 21.1 Å². The molecule has 0 radical (unpaired) electrons. The number of para-hydroxylation sites is 2. The molecule has 5 rings (SSSR count).